The van der Waals surface area contributed by atoms with Crippen molar-refractivity contribution in [2.75, 3.05) is 6.54 Å². The van der Waals surface area contributed by atoms with E-state index in [0.29, 0.717) is 18.8 Å². The molecule has 0 spiro atoms. The maximum atomic E-state index is 9.84. The van der Waals surface area contributed by atoms with Crippen LogP contribution in [-0.2, 0) is 6.54 Å². The van der Waals surface area contributed by atoms with Crippen molar-refractivity contribution in [2.24, 2.45) is 5.41 Å². The molecular formula is C14H21N3O. The van der Waals surface area contributed by atoms with Crippen LogP contribution >= 0.6 is 0 Å². The summed E-state index contributed by atoms with van der Waals surface area (Å²) in [5.74, 6) is 0. The van der Waals surface area contributed by atoms with Gasteiger partial charge in [-0.15, -0.1) is 0 Å². The Balaban J connectivity index is 2.35. The normalized spacial score (nSPS) is 13.1. The van der Waals surface area contributed by atoms with Crippen LogP contribution in [0.15, 0.2) is 18.3 Å². The summed E-state index contributed by atoms with van der Waals surface area (Å²) >= 11 is 0. The number of aliphatic hydroxyl groups is 1. The van der Waals surface area contributed by atoms with E-state index in [0.717, 1.165) is 12.0 Å². The largest absolute Gasteiger partial charge is 0.392 e. The maximum Gasteiger partial charge on any atom is 0.140 e. The number of pyridine rings is 1. The molecule has 0 aromatic carbocycles. The highest BCUT2D eigenvalue weighted by Gasteiger charge is 2.16. The Morgan fingerprint density at radius 1 is 1.50 bits per heavy atom. The van der Waals surface area contributed by atoms with E-state index in [1.165, 1.54) is 0 Å². The molecular weight excluding hydrogens is 226 g/mol. The highest BCUT2D eigenvalue weighted by molar-refractivity contribution is 5.25. The fourth-order valence-electron chi connectivity index (χ4n) is 1.81. The Morgan fingerprint density at radius 3 is 2.83 bits per heavy atom. The zero-order valence-electron chi connectivity index (χ0n) is 11.3. The molecule has 1 rings (SSSR count). The van der Waals surface area contributed by atoms with Gasteiger partial charge in [0.05, 0.1) is 6.10 Å². The first kappa shape index (κ1) is 14.6. The molecule has 1 atom stereocenters. The molecule has 0 saturated heterocycles. The molecule has 4 heteroatoms. The van der Waals surface area contributed by atoms with Crippen LogP contribution in [0.4, 0.5) is 0 Å². The molecule has 0 fully saturated rings. The molecule has 0 saturated carbocycles. The minimum absolute atomic E-state index is 0.131. The van der Waals surface area contributed by atoms with Crippen LogP contribution in [-0.4, -0.2) is 22.7 Å². The van der Waals surface area contributed by atoms with Crippen LogP contribution in [0.2, 0.25) is 0 Å². The first-order valence-electron chi connectivity index (χ1n) is 6.14. The third-order valence-electron chi connectivity index (χ3n) is 2.50. The van der Waals surface area contributed by atoms with Gasteiger partial charge in [0.2, 0.25) is 0 Å². The van der Waals surface area contributed by atoms with Crippen molar-refractivity contribution >= 4 is 0 Å². The van der Waals surface area contributed by atoms with Gasteiger partial charge >= 0.3 is 0 Å². The summed E-state index contributed by atoms with van der Waals surface area (Å²) in [5.41, 5.74) is 1.56. The van der Waals surface area contributed by atoms with Crippen molar-refractivity contribution in [1.82, 2.24) is 10.3 Å². The summed E-state index contributed by atoms with van der Waals surface area (Å²) in [7, 11) is 0. The van der Waals surface area contributed by atoms with Crippen LogP contribution in [0.1, 0.15) is 38.4 Å². The number of rotatable bonds is 5. The molecule has 0 aliphatic rings. The van der Waals surface area contributed by atoms with Gasteiger partial charge < -0.3 is 10.4 Å². The summed E-state index contributed by atoms with van der Waals surface area (Å²) in [6, 6.07) is 5.63. The highest BCUT2D eigenvalue weighted by Crippen LogP contribution is 2.20. The monoisotopic (exact) mass is 247 g/mol. The summed E-state index contributed by atoms with van der Waals surface area (Å²) < 4.78 is 0. The van der Waals surface area contributed by atoms with Gasteiger partial charge in [-0.25, -0.2) is 4.98 Å². The molecule has 0 aliphatic carbocycles. The van der Waals surface area contributed by atoms with E-state index in [4.69, 9.17) is 5.26 Å². The Bertz CT molecular complexity index is 418. The minimum Gasteiger partial charge on any atom is -0.392 e. The average molecular weight is 247 g/mol. The van der Waals surface area contributed by atoms with Gasteiger partial charge in [0.1, 0.15) is 11.8 Å². The fourth-order valence-corrected chi connectivity index (χ4v) is 1.81. The molecule has 1 aromatic heterocycles. The number of aliphatic hydroxyl groups excluding tert-OH is 1. The van der Waals surface area contributed by atoms with E-state index in [9.17, 15) is 5.11 Å². The fraction of sp³-hybridized carbons (Fsp3) is 0.571. The van der Waals surface area contributed by atoms with Crippen LogP contribution < -0.4 is 5.32 Å². The van der Waals surface area contributed by atoms with Gasteiger partial charge in [-0.2, -0.15) is 5.26 Å². The van der Waals surface area contributed by atoms with Crippen LogP contribution in [0, 0.1) is 16.7 Å². The van der Waals surface area contributed by atoms with Crippen LogP contribution in [0.25, 0.3) is 0 Å². The zero-order valence-corrected chi connectivity index (χ0v) is 11.3. The molecule has 0 radical (unpaired) electrons. The lowest BCUT2D eigenvalue weighted by Crippen LogP contribution is -2.29. The molecule has 1 heterocycles. The van der Waals surface area contributed by atoms with Crippen molar-refractivity contribution in [3.8, 4) is 6.07 Å². The SMILES string of the molecule is CC(C)(C)CC(O)CNCc1ccnc(C#N)c1. The van der Waals surface area contributed by atoms with E-state index in [-0.39, 0.29) is 11.5 Å². The average Bonchev–Trinajstić information content (AvgIpc) is 2.27. The number of hydrogen-bond donors (Lipinski definition) is 2. The molecule has 2 N–H and O–H groups in total. The van der Waals surface area contributed by atoms with Crippen molar-refractivity contribution in [3.05, 3.63) is 29.6 Å². The number of nitrogens with zero attached hydrogens (tertiary/aromatic N) is 2. The molecule has 0 bridgehead atoms. The lowest BCUT2D eigenvalue weighted by Gasteiger charge is -2.22. The minimum atomic E-state index is -0.345. The quantitative estimate of drug-likeness (QED) is 0.833. The summed E-state index contributed by atoms with van der Waals surface area (Å²) in [6.45, 7) is 7.52. The molecule has 98 valence electrons. The van der Waals surface area contributed by atoms with Gasteiger partial charge in [-0.05, 0) is 29.5 Å². The van der Waals surface area contributed by atoms with E-state index in [1.807, 2.05) is 12.1 Å². The number of nitrogens with one attached hydrogen (secondary N) is 1. The van der Waals surface area contributed by atoms with Gasteiger partial charge in [0.25, 0.3) is 0 Å². The van der Waals surface area contributed by atoms with Gasteiger partial charge in [-0.3, -0.25) is 0 Å². The molecule has 1 aromatic rings. The molecule has 0 amide bonds. The maximum absolute atomic E-state index is 9.84. The van der Waals surface area contributed by atoms with Crippen molar-refractivity contribution < 1.29 is 5.11 Å². The van der Waals surface area contributed by atoms with Crippen LogP contribution in [0.3, 0.4) is 0 Å². The first-order chi connectivity index (χ1) is 8.40. The summed E-state index contributed by atoms with van der Waals surface area (Å²) in [5, 5.41) is 21.8. The number of hydrogen-bond acceptors (Lipinski definition) is 4. The van der Waals surface area contributed by atoms with E-state index in [1.54, 1.807) is 12.3 Å². The van der Waals surface area contributed by atoms with Gasteiger partial charge in [-0.1, -0.05) is 20.8 Å². The lowest BCUT2D eigenvalue weighted by atomic mass is 9.89. The topological polar surface area (TPSA) is 68.9 Å². The van der Waals surface area contributed by atoms with Crippen LogP contribution in [0.5, 0.6) is 0 Å². The second-order valence-corrected chi connectivity index (χ2v) is 5.71. The van der Waals surface area contributed by atoms with E-state index >= 15 is 0 Å². The second kappa shape index (κ2) is 6.48. The Hall–Kier alpha value is -1.44. The molecule has 4 nitrogen and oxygen atoms in total. The predicted octanol–water partition coefficient (Wildman–Crippen LogP) is 1.84. The first-order valence-corrected chi connectivity index (χ1v) is 6.14. The third-order valence-corrected chi connectivity index (χ3v) is 2.50. The molecule has 18 heavy (non-hydrogen) atoms. The predicted molar refractivity (Wildman–Crippen MR) is 70.7 cm³/mol. The Labute approximate surface area is 109 Å². The molecule has 1 unspecified atom stereocenters. The van der Waals surface area contributed by atoms with Crippen molar-refractivity contribution in [2.45, 2.75) is 39.8 Å². The standard InChI is InChI=1S/C14H21N3O/c1-14(2,3)7-13(18)10-16-9-11-4-5-17-12(6-11)8-15/h4-6,13,16,18H,7,9-10H2,1-3H3. The van der Waals surface area contributed by atoms with E-state index < -0.39 is 0 Å². The summed E-state index contributed by atoms with van der Waals surface area (Å²) in [4.78, 5) is 3.91. The Kier molecular flexibility index (Phi) is 5.26. The number of aromatic nitrogens is 1. The number of nitriles is 1. The zero-order chi connectivity index (χ0) is 13.6. The highest BCUT2D eigenvalue weighted by atomic mass is 16.3. The van der Waals surface area contributed by atoms with Crippen molar-refractivity contribution in [1.29, 1.82) is 5.26 Å². The van der Waals surface area contributed by atoms with Gasteiger partial charge in [0, 0.05) is 19.3 Å². The Morgan fingerprint density at radius 2 is 2.22 bits per heavy atom. The molecule has 0 aliphatic heterocycles. The van der Waals surface area contributed by atoms with Crippen molar-refractivity contribution in [3.63, 3.8) is 0 Å². The second-order valence-electron chi connectivity index (χ2n) is 5.71. The third kappa shape index (κ3) is 5.76. The van der Waals surface area contributed by atoms with E-state index in [2.05, 4.69) is 31.1 Å². The lowest BCUT2D eigenvalue weighted by molar-refractivity contribution is 0.119. The summed E-state index contributed by atoms with van der Waals surface area (Å²) in [6.07, 6.45) is 2.04. The van der Waals surface area contributed by atoms with Gasteiger partial charge in [0.15, 0.2) is 0 Å². The smallest absolute Gasteiger partial charge is 0.140 e.